The van der Waals surface area contributed by atoms with Crippen LogP contribution in [0.3, 0.4) is 0 Å². The second kappa shape index (κ2) is 13.0. The van der Waals surface area contributed by atoms with Crippen LogP contribution in [0.25, 0.3) is 10.8 Å². The van der Waals surface area contributed by atoms with Crippen LogP contribution in [0.1, 0.15) is 31.7 Å². The quantitative estimate of drug-likeness (QED) is 0.140. The normalized spacial score (nSPS) is 14.6. The van der Waals surface area contributed by atoms with Gasteiger partial charge in [0, 0.05) is 11.6 Å². The lowest BCUT2D eigenvalue weighted by molar-refractivity contribution is -0.121. The van der Waals surface area contributed by atoms with E-state index in [4.69, 9.17) is 4.74 Å². The zero-order valence-corrected chi connectivity index (χ0v) is 24.7. The maximum atomic E-state index is 14.1. The number of carbonyl (C=O) groups is 3. The zero-order chi connectivity index (χ0) is 31.3. The summed E-state index contributed by atoms with van der Waals surface area (Å²) in [6, 6.07) is 24.3. The standard InChI is InChI=1S/C35H32FN5O4/c1-2-3-19-45-29-17-15-27(16-18-29)41-33(42)20-32(34(41)43)40(28-21-37-39(23-28)22-24-11-13-26(36)14-12-24)35(44)38-31-10-6-8-25-7-4-5-9-30(25)31/h4-18,21,23,32H,2-3,19-20,22H2,1H3,(H,38,44)/t32-/m1/s1. The molecule has 4 aromatic carbocycles. The number of hydrogen-bond acceptors (Lipinski definition) is 5. The summed E-state index contributed by atoms with van der Waals surface area (Å²) in [6.07, 6.45) is 4.83. The molecule has 1 N–H and O–H groups in total. The highest BCUT2D eigenvalue weighted by molar-refractivity contribution is 6.25. The maximum absolute atomic E-state index is 14.1. The first-order valence-corrected chi connectivity index (χ1v) is 14.9. The Balaban J connectivity index is 1.30. The molecule has 0 unspecified atom stereocenters. The molecule has 10 heteroatoms. The Hall–Kier alpha value is -5.51. The van der Waals surface area contributed by atoms with E-state index in [2.05, 4.69) is 17.3 Å². The summed E-state index contributed by atoms with van der Waals surface area (Å²) in [5.74, 6) is -0.651. The largest absolute Gasteiger partial charge is 0.494 e. The Labute approximate surface area is 259 Å². The van der Waals surface area contributed by atoms with Crippen LogP contribution in [0.2, 0.25) is 0 Å². The molecule has 1 saturated heterocycles. The van der Waals surface area contributed by atoms with Crippen molar-refractivity contribution in [3.63, 3.8) is 0 Å². The number of hydrogen-bond donors (Lipinski definition) is 1. The molecule has 0 radical (unpaired) electrons. The third-order valence-electron chi connectivity index (χ3n) is 7.70. The highest BCUT2D eigenvalue weighted by atomic mass is 19.1. The van der Waals surface area contributed by atoms with Crippen molar-refractivity contribution in [2.75, 3.05) is 21.7 Å². The van der Waals surface area contributed by atoms with Gasteiger partial charge >= 0.3 is 6.03 Å². The number of nitrogens with zero attached hydrogens (tertiary/aromatic N) is 4. The number of rotatable bonds is 10. The molecular weight excluding hydrogens is 573 g/mol. The third kappa shape index (κ3) is 6.40. The fraction of sp³-hybridized carbons (Fsp3) is 0.200. The van der Waals surface area contributed by atoms with Crippen molar-refractivity contribution in [3.05, 3.63) is 115 Å². The lowest BCUT2D eigenvalue weighted by atomic mass is 10.1. The molecular formula is C35H32FN5O4. The lowest BCUT2D eigenvalue weighted by Crippen LogP contribution is -2.47. The molecule has 1 fully saturated rings. The topological polar surface area (TPSA) is 96.8 Å². The van der Waals surface area contributed by atoms with Crippen LogP contribution in [0.4, 0.5) is 26.2 Å². The number of carbonyl (C=O) groups excluding carboxylic acids is 3. The second-order valence-corrected chi connectivity index (χ2v) is 10.8. The van der Waals surface area contributed by atoms with Crippen LogP contribution in [0.5, 0.6) is 5.75 Å². The van der Waals surface area contributed by atoms with Crippen LogP contribution in [-0.2, 0) is 16.1 Å². The monoisotopic (exact) mass is 605 g/mol. The molecule has 45 heavy (non-hydrogen) atoms. The van der Waals surface area contributed by atoms with E-state index in [9.17, 15) is 18.8 Å². The van der Waals surface area contributed by atoms with Crippen LogP contribution in [0, 0.1) is 5.82 Å². The Morgan fingerprint density at radius 3 is 2.53 bits per heavy atom. The van der Waals surface area contributed by atoms with E-state index >= 15 is 0 Å². The molecule has 6 rings (SSSR count). The minimum absolute atomic E-state index is 0.209. The van der Waals surface area contributed by atoms with E-state index in [1.165, 1.54) is 23.2 Å². The average Bonchev–Trinajstić information content (AvgIpc) is 3.62. The van der Waals surface area contributed by atoms with Crippen molar-refractivity contribution in [1.29, 1.82) is 0 Å². The minimum atomic E-state index is -1.11. The fourth-order valence-electron chi connectivity index (χ4n) is 5.40. The number of amides is 4. The number of aromatic nitrogens is 2. The summed E-state index contributed by atoms with van der Waals surface area (Å²) >= 11 is 0. The molecule has 1 aliphatic heterocycles. The highest BCUT2D eigenvalue weighted by Crippen LogP contribution is 2.31. The molecule has 9 nitrogen and oxygen atoms in total. The number of benzene rings is 4. The third-order valence-corrected chi connectivity index (χ3v) is 7.70. The molecule has 0 bridgehead atoms. The SMILES string of the molecule is CCCCOc1ccc(N2C(=O)C[C@@H](N(C(=O)Nc3cccc4ccccc34)c3cnn(Cc4ccc(F)cc4)c3)C2=O)cc1. The summed E-state index contributed by atoms with van der Waals surface area (Å²) in [5.41, 5.74) is 2.10. The minimum Gasteiger partial charge on any atom is -0.494 e. The van der Waals surface area contributed by atoms with E-state index in [0.29, 0.717) is 36.0 Å². The first kappa shape index (κ1) is 29.6. The van der Waals surface area contributed by atoms with Gasteiger partial charge in [0.25, 0.3) is 5.91 Å². The molecule has 228 valence electrons. The van der Waals surface area contributed by atoms with Crippen LogP contribution in [-0.4, -0.2) is 40.3 Å². The molecule has 0 aliphatic carbocycles. The molecule has 1 aromatic heterocycles. The first-order chi connectivity index (χ1) is 21.9. The second-order valence-electron chi connectivity index (χ2n) is 10.8. The van der Waals surface area contributed by atoms with Crippen molar-refractivity contribution in [1.82, 2.24) is 9.78 Å². The average molecular weight is 606 g/mol. The Kier molecular flexibility index (Phi) is 8.54. The van der Waals surface area contributed by atoms with Gasteiger partial charge in [-0.25, -0.2) is 14.1 Å². The van der Waals surface area contributed by atoms with Gasteiger partial charge in [-0.05, 0) is 59.8 Å². The molecule has 4 amide bonds. The predicted octanol–water partition coefficient (Wildman–Crippen LogP) is 6.77. The molecule has 1 aliphatic rings. The number of imide groups is 1. The van der Waals surface area contributed by atoms with Gasteiger partial charge in [-0.3, -0.25) is 19.2 Å². The maximum Gasteiger partial charge on any atom is 0.327 e. The van der Waals surface area contributed by atoms with Crippen molar-refractivity contribution >= 4 is 45.7 Å². The van der Waals surface area contributed by atoms with Crippen molar-refractivity contribution in [3.8, 4) is 5.75 Å². The van der Waals surface area contributed by atoms with Crippen molar-refractivity contribution in [2.45, 2.75) is 38.8 Å². The molecule has 0 spiro atoms. The summed E-state index contributed by atoms with van der Waals surface area (Å²) in [5, 5.41) is 9.13. The zero-order valence-electron chi connectivity index (χ0n) is 24.7. The molecule has 0 saturated carbocycles. The van der Waals surface area contributed by atoms with Gasteiger partial charge in [0.2, 0.25) is 5.91 Å². The number of ether oxygens (including phenoxy) is 1. The van der Waals surface area contributed by atoms with Gasteiger partial charge < -0.3 is 10.1 Å². The summed E-state index contributed by atoms with van der Waals surface area (Å²) in [6.45, 7) is 2.97. The number of unbranched alkanes of at least 4 members (excludes halogenated alkanes) is 1. The van der Waals surface area contributed by atoms with E-state index in [0.717, 1.165) is 34.1 Å². The van der Waals surface area contributed by atoms with E-state index in [1.807, 2.05) is 36.4 Å². The van der Waals surface area contributed by atoms with Gasteiger partial charge in [0.05, 0.1) is 42.8 Å². The van der Waals surface area contributed by atoms with E-state index in [1.54, 1.807) is 53.3 Å². The molecule has 5 aromatic rings. The lowest BCUT2D eigenvalue weighted by Gasteiger charge is -2.27. The smallest absolute Gasteiger partial charge is 0.327 e. The molecule has 1 atom stereocenters. The Bertz CT molecular complexity index is 1830. The number of urea groups is 1. The van der Waals surface area contributed by atoms with Crippen molar-refractivity contribution < 1.29 is 23.5 Å². The summed E-state index contributed by atoms with van der Waals surface area (Å²) in [4.78, 5) is 43.7. The van der Waals surface area contributed by atoms with Crippen LogP contribution in [0.15, 0.2) is 103 Å². The van der Waals surface area contributed by atoms with Gasteiger partial charge in [0.15, 0.2) is 0 Å². The summed E-state index contributed by atoms with van der Waals surface area (Å²) in [7, 11) is 0. The van der Waals surface area contributed by atoms with E-state index < -0.39 is 23.9 Å². The highest BCUT2D eigenvalue weighted by Gasteiger charge is 2.45. The number of nitrogens with one attached hydrogen (secondary N) is 1. The molecule has 2 heterocycles. The van der Waals surface area contributed by atoms with Crippen LogP contribution < -0.4 is 19.9 Å². The van der Waals surface area contributed by atoms with E-state index in [-0.39, 0.29) is 12.2 Å². The predicted molar refractivity (Wildman–Crippen MR) is 171 cm³/mol. The number of halogens is 1. The van der Waals surface area contributed by atoms with Crippen LogP contribution >= 0.6 is 0 Å². The Morgan fingerprint density at radius 1 is 1.00 bits per heavy atom. The number of fused-ring (bicyclic) bond motifs is 1. The fourth-order valence-corrected chi connectivity index (χ4v) is 5.40. The van der Waals surface area contributed by atoms with Gasteiger partial charge in [0.1, 0.15) is 17.6 Å². The van der Waals surface area contributed by atoms with Gasteiger partial charge in [-0.1, -0.05) is 61.9 Å². The first-order valence-electron chi connectivity index (χ1n) is 14.9. The number of anilines is 3. The van der Waals surface area contributed by atoms with Crippen molar-refractivity contribution in [2.24, 2.45) is 0 Å². The van der Waals surface area contributed by atoms with Gasteiger partial charge in [-0.2, -0.15) is 5.10 Å². The van der Waals surface area contributed by atoms with Gasteiger partial charge in [-0.15, -0.1) is 0 Å². The Morgan fingerprint density at radius 2 is 1.76 bits per heavy atom. The summed E-state index contributed by atoms with van der Waals surface area (Å²) < 4.78 is 20.8.